The predicted octanol–water partition coefficient (Wildman–Crippen LogP) is 2.22. The molecular weight excluding hydrogens is 238 g/mol. The second-order valence-electron chi connectivity index (χ2n) is 4.78. The van der Waals surface area contributed by atoms with Gasteiger partial charge in [-0.3, -0.25) is 4.68 Å². The fraction of sp³-hybridized carbons (Fsp3) is 0.467. The molecule has 0 spiro atoms. The lowest BCUT2D eigenvalue weighted by atomic mass is 10.0. The molecule has 0 saturated carbocycles. The second kappa shape index (κ2) is 7.04. The van der Waals surface area contributed by atoms with Crippen LogP contribution in [0.25, 0.3) is 0 Å². The Bertz CT molecular complexity index is 481. The van der Waals surface area contributed by atoms with Crippen molar-refractivity contribution in [1.82, 2.24) is 14.8 Å². The summed E-state index contributed by atoms with van der Waals surface area (Å²) in [6, 6.07) is 10.2. The van der Waals surface area contributed by atoms with Gasteiger partial charge in [-0.2, -0.15) is 5.10 Å². The van der Waals surface area contributed by atoms with Crippen LogP contribution in [0, 0.1) is 0 Å². The van der Waals surface area contributed by atoms with Gasteiger partial charge in [-0.15, -0.1) is 0 Å². The van der Waals surface area contributed by atoms with Crippen LogP contribution in [-0.2, 0) is 19.4 Å². The number of aryl methyl sites for hydroxylation is 2. The van der Waals surface area contributed by atoms with Crippen molar-refractivity contribution in [3.63, 3.8) is 0 Å². The highest BCUT2D eigenvalue weighted by molar-refractivity contribution is 5.14. The quantitative estimate of drug-likeness (QED) is 0.829. The molecule has 0 radical (unpaired) electrons. The van der Waals surface area contributed by atoms with Gasteiger partial charge in [0.05, 0.1) is 6.10 Å². The first kappa shape index (κ1) is 13.7. The van der Waals surface area contributed by atoms with Crippen LogP contribution < -0.4 is 0 Å². The molecule has 1 unspecified atom stereocenters. The fourth-order valence-electron chi connectivity index (χ4n) is 2.14. The predicted molar refractivity (Wildman–Crippen MR) is 74.8 cm³/mol. The maximum atomic E-state index is 10.1. The van der Waals surface area contributed by atoms with Crippen molar-refractivity contribution < 1.29 is 5.11 Å². The van der Waals surface area contributed by atoms with Crippen LogP contribution in [0.5, 0.6) is 0 Å². The molecule has 4 heteroatoms. The fourth-order valence-corrected chi connectivity index (χ4v) is 2.14. The zero-order valence-electron chi connectivity index (χ0n) is 11.4. The summed E-state index contributed by atoms with van der Waals surface area (Å²) in [7, 11) is 0. The number of rotatable bonds is 7. The Morgan fingerprint density at radius 3 is 2.79 bits per heavy atom. The minimum atomic E-state index is -0.361. The molecule has 0 fully saturated rings. The molecule has 0 amide bonds. The molecule has 1 atom stereocenters. The summed E-state index contributed by atoms with van der Waals surface area (Å²) in [5, 5.41) is 14.3. The summed E-state index contributed by atoms with van der Waals surface area (Å²) >= 11 is 0. The Hall–Kier alpha value is -1.68. The lowest BCUT2D eigenvalue weighted by Gasteiger charge is -2.11. The van der Waals surface area contributed by atoms with Gasteiger partial charge in [0.15, 0.2) is 0 Å². The van der Waals surface area contributed by atoms with E-state index in [0.717, 1.165) is 31.6 Å². The average Bonchev–Trinajstić information content (AvgIpc) is 2.85. The first-order valence-electron chi connectivity index (χ1n) is 6.88. The van der Waals surface area contributed by atoms with Crippen molar-refractivity contribution in [2.45, 2.75) is 45.3 Å². The molecule has 0 aliphatic rings. The minimum absolute atomic E-state index is 0.361. The lowest BCUT2D eigenvalue weighted by molar-refractivity contribution is 0.161. The number of aliphatic hydroxyl groups is 1. The molecule has 4 nitrogen and oxygen atoms in total. The van der Waals surface area contributed by atoms with Crippen molar-refractivity contribution in [2.24, 2.45) is 0 Å². The van der Waals surface area contributed by atoms with E-state index in [4.69, 9.17) is 0 Å². The zero-order valence-corrected chi connectivity index (χ0v) is 11.4. The second-order valence-corrected chi connectivity index (χ2v) is 4.78. The van der Waals surface area contributed by atoms with Gasteiger partial charge in [0.25, 0.3) is 0 Å². The van der Waals surface area contributed by atoms with E-state index in [1.165, 1.54) is 5.56 Å². The van der Waals surface area contributed by atoms with Crippen LogP contribution in [0.15, 0.2) is 36.7 Å². The number of nitrogens with zero attached hydrogens (tertiary/aromatic N) is 3. The highest BCUT2D eigenvalue weighted by Crippen LogP contribution is 2.08. The maximum absolute atomic E-state index is 10.1. The van der Waals surface area contributed by atoms with Gasteiger partial charge in [-0.05, 0) is 24.8 Å². The van der Waals surface area contributed by atoms with Crippen LogP contribution in [0.2, 0.25) is 0 Å². The third kappa shape index (κ3) is 4.17. The molecule has 0 aliphatic heterocycles. The molecule has 1 aromatic carbocycles. The summed E-state index contributed by atoms with van der Waals surface area (Å²) in [5.41, 5.74) is 1.26. The Balaban J connectivity index is 1.84. The zero-order chi connectivity index (χ0) is 13.5. The standard InChI is InChI=1S/C15H21N3O/c1-2-10-18-15(16-12-17-18)11-14(19)9-8-13-6-4-3-5-7-13/h3-7,12,14,19H,2,8-11H2,1H3. The van der Waals surface area contributed by atoms with Crippen molar-refractivity contribution >= 4 is 0 Å². The first-order valence-corrected chi connectivity index (χ1v) is 6.88. The highest BCUT2D eigenvalue weighted by Gasteiger charge is 2.11. The summed E-state index contributed by atoms with van der Waals surface area (Å²) < 4.78 is 1.88. The lowest BCUT2D eigenvalue weighted by Crippen LogP contribution is -2.16. The summed E-state index contributed by atoms with van der Waals surface area (Å²) in [6.07, 6.45) is 4.45. The summed E-state index contributed by atoms with van der Waals surface area (Å²) in [4.78, 5) is 4.22. The van der Waals surface area contributed by atoms with Gasteiger partial charge < -0.3 is 5.11 Å². The van der Waals surface area contributed by atoms with E-state index in [-0.39, 0.29) is 6.10 Å². The Morgan fingerprint density at radius 2 is 2.05 bits per heavy atom. The van der Waals surface area contributed by atoms with E-state index in [0.29, 0.717) is 6.42 Å². The minimum Gasteiger partial charge on any atom is -0.393 e. The molecule has 0 bridgehead atoms. The number of aliphatic hydroxyl groups excluding tert-OH is 1. The van der Waals surface area contributed by atoms with Crippen LogP contribution in [0.4, 0.5) is 0 Å². The molecule has 102 valence electrons. The molecule has 1 aromatic heterocycles. The molecule has 0 aliphatic carbocycles. The van der Waals surface area contributed by atoms with E-state index >= 15 is 0 Å². The van der Waals surface area contributed by atoms with Crippen molar-refractivity contribution in [1.29, 1.82) is 0 Å². The van der Waals surface area contributed by atoms with Crippen LogP contribution in [-0.4, -0.2) is 26.0 Å². The number of hydrogen-bond acceptors (Lipinski definition) is 3. The maximum Gasteiger partial charge on any atom is 0.138 e. The van der Waals surface area contributed by atoms with Gasteiger partial charge >= 0.3 is 0 Å². The van der Waals surface area contributed by atoms with Crippen molar-refractivity contribution in [3.05, 3.63) is 48.0 Å². The third-order valence-electron chi connectivity index (χ3n) is 3.16. The molecule has 0 saturated heterocycles. The summed E-state index contributed by atoms with van der Waals surface area (Å²) in [6.45, 7) is 2.97. The van der Waals surface area contributed by atoms with E-state index in [1.54, 1.807) is 6.33 Å². The van der Waals surface area contributed by atoms with E-state index < -0.39 is 0 Å². The monoisotopic (exact) mass is 259 g/mol. The average molecular weight is 259 g/mol. The Kier molecular flexibility index (Phi) is 5.10. The van der Waals surface area contributed by atoms with Crippen LogP contribution in [0.3, 0.4) is 0 Å². The smallest absolute Gasteiger partial charge is 0.138 e. The van der Waals surface area contributed by atoms with Crippen LogP contribution >= 0.6 is 0 Å². The SMILES string of the molecule is CCCn1ncnc1CC(O)CCc1ccccc1. The highest BCUT2D eigenvalue weighted by atomic mass is 16.3. The van der Waals surface area contributed by atoms with E-state index in [1.807, 2.05) is 22.9 Å². The Morgan fingerprint density at radius 1 is 1.26 bits per heavy atom. The topological polar surface area (TPSA) is 50.9 Å². The molecule has 2 aromatic rings. The number of benzene rings is 1. The van der Waals surface area contributed by atoms with Gasteiger partial charge in [0.2, 0.25) is 0 Å². The largest absolute Gasteiger partial charge is 0.393 e. The van der Waals surface area contributed by atoms with Gasteiger partial charge in [-0.1, -0.05) is 37.3 Å². The number of aromatic nitrogens is 3. The third-order valence-corrected chi connectivity index (χ3v) is 3.16. The Labute approximate surface area is 114 Å². The first-order chi connectivity index (χ1) is 9.29. The molecule has 1 N–H and O–H groups in total. The van der Waals surface area contributed by atoms with E-state index in [2.05, 4.69) is 29.1 Å². The van der Waals surface area contributed by atoms with E-state index in [9.17, 15) is 5.11 Å². The number of hydrogen-bond donors (Lipinski definition) is 1. The molecular formula is C15H21N3O. The normalized spacial score (nSPS) is 12.5. The van der Waals surface area contributed by atoms with Gasteiger partial charge in [0, 0.05) is 13.0 Å². The van der Waals surface area contributed by atoms with Gasteiger partial charge in [0.1, 0.15) is 12.2 Å². The van der Waals surface area contributed by atoms with Crippen molar-refractivity contribution in [3.8, 4) is 0 Å². The van der Waals surface area contributed by atoms with Gasteiger partial charge in [-0.25, -0.2) is 4.98 Å². The van der Waals surface area contributed by atoms with Crippen molar-refractivity contribution in [2.75, 3.05) is 0 Å². The molecule has 1 heterocycles. The van der Waals surface area contributed by atoms with Crippen LogP contribution in [0.1, 0.15) is 31.2 Å². The molecule has 2 rings (SSSR count). The summed E-state index contributed by atoms with van der Waals surface area (Å²) in [5.74, 6) is 0.877. The molecule has 19 heavy (non-hydrogen) atoms.